The van der Waals surface area contributed by atoms with Gasteiger partial charge in [0.05, 0.1) is 10.0 Å². The number of hydrogen-bond acceptors (Lipinski definition) is 2. The maximum Gasteiger partial charge on any atom is 0.187 e. The molecule has 0 aromatic heterocycles. The van der Waals surface area contributed by atoms with Crippen LogP contribution in [0, 0.1) is 0 Å². The van der Waals surface area contributed by atoms with Crippen molar-refractivity contribution in [2.45, 2.75) is 0 Å². The van der Waals surface area contributed by atoms with Crippen molar-refractivity contribution in [3.05, 3.63) is 76.4 Å². The number of halogens is 2. The summed E-state index contributed by atoms with van der Waals surface area (Å²) in [5, 5.41) is 3.82. The number of hydrogen-bond donors (Lipinski definition) is 1. The van der Waals surface area contributed by atoms with Crippen molar-refractivity contribution in [2.75, 3.05) is 5.32 Å². The first-order chi connectivity index (χ1) is 9.16. The second-order valence-electron chi connectivity index (χ2n) is 3.84. The van der Waals surface area contributed by atoms with Crippen molar-refractivity contribution in [3.8, 4) is 0 Å². The van der Waals surface area contributed by atoms with Crippen LogP contribution in [0.15, 0.2) is 60.8 Å². The Kier molecular flexibility index (Phi) is 4.61. The number of carbonyl (C=O) groups excluding carboxylic acids is 1. The van der Waals surface area contributed by atoms with Gasteiger partial charge in [-0.3, -0.25) is 4.79 Å². The monoisotopic (exact) mass is 291 g/mol. The van der Waals surface area contributed by atoms with E-state index in [1.165, 1.54) is 6.08 Å². The van der Waals surface area contributed by atoms with Crippen molar-refractivity contribution in [1.29, 1.82) is 0 Å². The minimum atomic E-state index is -0.137. The smallest absolute Gasteiger partial charge is 0.187 e. The zero-order valence-corrected chi connectivity index (χ0v) is 11.4. The number of allylic oxidation sites excluding steroid dienone is 1. The summed E-state index contributed by atoms with van der Waals surface area (Å²) in [6, 6.07) is 14.4. The van der Waals surface area contributed by atoms with Crippen LogP contribution in [0.5, 0.6) is 0 Å². The second kappa shape index (κ2) is 6.41. The lowest BCUT2D eigenvalue weighted by atomic mass is 10.1. The number of rotatable bonds is 4. The Labute approximate surface area is 121 Å². The van der Waals surface area contributed by atoms with E-state index in [-0.39, 0.29) is 5.78 Å². The van der Waals surface area contributed by atoms with E-state index in [1.54, 1.807) is 24.4 Å². The van der Waals surface area contributed by atoms with Gasteiger partial charge in [0.1, 0.15) is 0 Å². The number of nitrogens with one attached hydrogen (secondary N) is 1. The van der Waals surface area contributed by atoms with Crippen LogP contribution in [0.4, 0.5) is 5.69 Å². The summed E-state index contributed by atoms with van der Waals surface area (Å²) >= 11 is 11.7. The molecular formula is C15H11Cl2NO. The molecule has 0 saturated carbocycles. The first kappa shape index (κ1) is 13.7. The zero-order valence-electron chi connectivity index (χ0n) is 9.94. The van der Waals surface area contributed by atoms with Gasteiger partial charge in [-0.1, -0.05) is 41.4 Å². The molecule has 19 heavy (non-hydrogen) atoms. The van der Waals surface area contributed by atoms with E-state index in [0.29, 0.717) is 15.6 Å². The summed E-state index contributed by atoms with van der Waals surface area (Å²) in [6.07, 6.45) is 3.05. The molecule has 96 valence electrons. The summed E-state index contributed by atoms with van der Waals surface area (Å²) in [4.78, 5) is 11.9. The number of anilines is 1. The van der Waals surface area contributed by atoms with Gasteiger partial charge in [0.25, 0.3) is 0 Å². The van der Waals surface area contributed by atoms with Gasteiger partial charge in [-0.15, -0.1) is 0 Å². The lowest BCUT2D eigenvalue weighted by Gasteiger charge is -2.00. The van der Waals surface area contributed by atoms with Crippen LogP contribution >= 0.6 is 23.2 Å². The first-order valence-electron chi connectivity index (χ1n) is 5.64. The lowest BCUT2D eigenvalue weighted by Crippen LogP contribution is -1.96. The SMILES string of the molecule is O=C(/C=C\Nc1ccccc1)c1ccc(Cl)c(Cl)c1. The average Bonchev–Trinajstić information content (AvgIpc) is 2.43. The van der Waals surface area contributed by atoms with Crippen LogP contribution in [0.25, 0.3) is 0 Å². The van der Waals surface area contributed by atoms with Gasteiger partial charge in [-0.05, 0) is 30.3 Å². The van der Waals surface area contributed by atoms with Gasteiger partial charge >= 0.3 is 0 Å². The molecule has 0 spiro atoms. The molecule has 0 aliphatic heterocycles. The molecule has 0 bridgehead atoms. The van der Waals surface area contributed by atoms with Crippen molar-refractivity contribution < 1.29 is 4.79 Å². The molecule has 4 heteroatoms. The Morgan fingerprint density at radius 1 is 1.00 bits per heavy atom. The predicted octanol–water partition coefficient (Wildman–Crippen LogP) is 4.80. The highest BCUT2D eigenvalue weighted by molar-refractivity contribution is 6.42. The molecule has 0 amide bonds. The average molecular weight is 292 g/mol. The largest absolute Gasteiger partial charge is 0.362 e. The van der Waals surface area contributed by atoms with Gasteiger partial charge in [0, 0.05) is 23.5 Å². The number of carbonyl (C=O) groups is 1. The molecule has 2 aromatic rings. The van der Waals surface area contributed by atoms with E-state index in [2.05, 4.69) is 5.32 Å². The molecule has 0 aliphatic carbocycles. The van der Waals surface area contributed by atoms with Crippen LogP contribution in [-0.4, -0.2) is 5.78 Å². The fraction of sp³-hybridized carbons (Fsp3) is 0. The van der Waals surface area contributed by atoms with E-state index >= 15 is 0 Å². The first-order valence-corrected chi connectivity index (χ1v) is 6.40. The summed E-state index contributed by atoms with van der Waals surface area (Å²) in [6.45, 7) is 0. The third-order valence-electron chi connectivity index (χ3n) is 2.46. The lowest BCUT2D eigenvalue weighted by molar-refractivity contribution is 0.104. The van der Waals surface area contributed by atoms with Crippen molar-refractivity contribution in [3.63, 3.8) is 0 Å². The molecule has 0 atom stereocenters. The van der Waals surface area contributed by atoms with Gasteiger partial charge < -0.3 is 5.32 Å². The number of ketones is 1. The van der Waals surface area contributed by atoms with Crippen LogP contribution in [0.1, 0.15) is 10.4 Å². The number of para-hydroxylation sites is 1. The Hall–Kier alpha value is -1.77. The molecule has 0 aliphatic rings. The Balaban J connectivity index is 2.02. The van der Waals surface area contributed by atoms with E-state index in [9.17, 15) is 4.79 Å². The minimum Gasteiger partial charge on any atom is -0.362 e. The highest BCUT2D eigenvalue weighted by Crippen LogP contribution is 2.22. The fourth-order valence-corrected chi connectivity index (χ4v) is 1.79. The van der Waals surface area contributed by atoms with Crippen LogP contribution in [0.2, 0.25) is 10.0 Å². The molecule has 0 unspecified atom stereocenters. The van der Waals surface area contributed by atoms with E-state index < -0.39 is 0 Å². The fourth-order valence-electron chi connectivity index (χ4n) is 1.49. The summed E-state index contributed by atoms with van der Waals surface area (Å²) < 4.78 is 0. The van der Waals surface area contributed by atoms with E-state index in [1.807, 2.05) is 30.3 Å². The molecule has 0 heterocycles. The normalized spacial score (nSPS) is 10.6. The highest BCUT2D eigenvalue weighted by Gasteiger charge is 2.04. The molecule has 0 radical (unpaired) electrons. The van der Waals surface area contributed by atoms with Crippen LogP contribution in [-0.2, 0) is 0 Å². The zero-order chi connectivity index (χ0) is 13.7. The Morgan fingerprint density at radius 3 is 2.42 bits per heavy atom. The van der Waals surface area contributed by atoms with Gasteiger partial charge in [-0.25, -0.2) is 0 Å². The standard InChI is InChI=1S/C15H11Cl2NO/c16-13-7-6-11(10-14(13)17)15(19)8-9-18-12-4-2-1-3-5-12/h1-10,18H/b9-8-. The highest BCUT2D eigenvalue weighted by atomic mass is 35.5. The van der Waals surface area contributed by atoms with Crippen LogP contribution in [0.3, 0.4) is 0 Å². The topological polar surface area (TPSA) is 29.1 Å². The molecule has 0 saturated heterocycles. The Bertz CT molecular complexity index is 609. The molecular weight excluding hydrogens is 281 g/mol. The molecule has 1 N–H and O–H groups in total. The number of benzene rings is 2. The van der Waals surface area contributed by atoms with Gasteiger partial charge in [0.15, 0.2) is 5.78 Å². The van der Waals surface area contributed by atoms with Crippen molar-refractivity contribution in [2.24, 2.45) is 0 Å². The molecule has 2 aromatic carbocycles. The van der Waals surface area contributed by atoms with Crippen molar-refractivity contribution >= 4 is 34.7 Å². The summed E-state index contributed by atoms with van der Waals surface area (Å²) in [5.41, 5.74) is 1.42. The second-order valence-corrected chi connectivity index (χ2v) is 4.65. The maximum absolute atomic E-state index is 11.9. The summed E-state index contributed by atoms with van der Waals surface area (Å²) in [7, 11) is 0. The molecule has 2 rings (SSSR count). The van der Waals surface area contributed by atoms with Gasteiger partial charge in [-0.2, -0.15) is 0 Å². The third kappa shape index (κ3) is 3.85. The minimum absolute atomic E-state index is 0.137. The molecule has 2 nitrogen and oxygen atoms in total. The van der Waals surface area contributed by atoms with Crippen molar-refractivity contribution in [1.82, 2.24) is 0 Å². The quantitative estimate of drug-likeness (QED) is 0.647. The van der Waals surface area contributed by atoms with E-state index in [0.717, 1.165) is 5.69 Å². The van der Waals surface area contributed by atoms with Crippen LogP contribution < -0.4 is 5.32 Å². The molecule has 0 fully saturated rings. The third-order valence-corrected chi connectivity index (χ3v) is 3.20. The van der Waals surface area contributed by atoms with E-state index in [4.69, 9.17) is 23.2 Å². The maximum atomic E-state index is 11.9. The van der Waals surface area contributed by atoms with Gasteiger partial charge in [0.2, 0.25) is 0 Å². The predicted molar refractivity (Wildman–Crippen MR) is 80.0 cm³/mol. The Morgan fingerprint density at radius 2 is 1.74 bits per heavy atom. The summed E-state index contributed by atoms with van der Waals surface area (Å²) in [5.74, 6) is -0.137.